The minimum absolute atomic E-state index is 0.197. The zero-order chi connectivity index (χ0) is 14.4. The molecule has 1 aliphatic rings. The summed E-state index contributed by atoms with van der Waals surface area (Å²) in [4.78, 5) is 13.6. The van der Waals surface area contributed by atoms with Gasteiger partial charge in [0, 0.05) is 25.0 Å². The highest BCUT2D eigenvalue weighted by Gasteiger charge is 2.15. The molecule has 3 N–H and O–H groups in total. The highest BCUT2D eigenvalue weighted by atomic mass is 16.2. The third kappa shape index (κ3) is 4.42. The summed E-state index contributed by atoms with van der Waals surface area (Å²) in [6, 6.07) is 7.62. The summed E-state index contributed by atoms with van der Waals surface area (Å²) in [5.41, 5.74) is 1.90. The molecule has 0 spiro atoms. The van der Waals surface area contributed by atoms with Crippen LogP contribution in [0.5, 0.6) is 0 Å². The predicted octanol–water partition coefficient (Wildman–Crippen LogP) is 2.19. The lowest BCUT2D eigenvalue weighted by atomic mass is 9.97. The molecule has 1 fully saturated rings. The average molecular weight is 276 g/mol. The fourth-order valence-electron chi connectivity index (χ4n) is 2.39. The fraction of sp³-hybridized carbons (Fsp3) is 0.533. The summed E-state index contributed by atoms with van der Waals surface area (Å²) in [6.07, 6.45) is 2.53. The molecule has 0 atom stereocenters. The summed E-state index contributed by atoms with van der Waals surface area (Å²) in [6.45, 7) is 3.42. The molecule has 2 rings (SSSR count). The van der Waals surface area contributed by atoms with Crippen LogP contribution >= 0.6 is 0 Å². The standard InChI is InChI=1S/C15H24N4O/c1-16-15(20)18-14-5-3-13(4-6-14)17-11-12-7-9-19(2)10-8-12/h3-6,12,17H,7-11H2,1-2H3,(H2,16,18,20). The quantitative estimate of drug-likeness (QED) is 0.790. The number of carbonyl (C=O) groups is 1. The van der Waals surface area contributed by atoms with E-state index in [1.165, 1.54) is 25.9 Å². The lowest BCUT2D eigenvalue weighted by Gasteiger charge is -2.29. The zero-order valence-electron chi connectivity index (χ0n) is 12.3. The van der Waals surface area contributed by atoms with Crippen LogP contribution in [0.15, 0.2) is 24.3 Å². The Labute approximate surface area is 120 Å². The van der Waals surface area contributed by atoms with Gasteiger partial charge in [-0.15, -0.1) is 0 Å². The maximum Gasteiger partial charge on any atom is 0.318 e. The maximum atomic E-state index is 11.2. The van der Waals surface area contributed by atoms with Gasteiger partial charge in [-0.2, -0.15) is 0 Å². The van der Waals surface area contributed by atoms with Gasteiger partial charge in [0.25, 0.3) is 0 Å². The third-order valence-electron chi connectivity index (χ3n) is 3.80. The molecule has 0 aliphatic carbocycles. The van der Waals surface area contributed by atoms with Gasteiger partial charge in [0.05, 0.1) is 0 Å². The molecule has 1 aromatic rings. The highest BCUT2D eigenvalue weighted by Crippen LogP contribution is 2.18. The van der Waals surface area contributed by atoms with Crippen LogP contribution in [0.2, 0.25) is 0 Å². The summed E-state index contributed by atoms with van der Waals surface area (Å²) >= 11 is 0. The van der Waals surface area contributed by atoms with E-state index in [4.69, 9.17) is 0 Å². The molecule has 20 heavy (non-hydrogen) atoms. The van der Waals surface area contributed by atoms with Gasteiger partial charge in [0.2, 0.25) is 0 Å². The molecule has 110 valence electrons. The first kappa shape index (κ1) is 14.7. The Morgan fingerprint density at radius 3 is 2.40 bits per heavy atom. The zero-order valence-corrected chi connectivity index (χ0v) is 12.3. The molecule has 2 amide bonds. The molecule has 0 aromatic heterocycles. The number of urea groups is 1. The Bertz CT molecular complexity index is 424. The number of rotatable bonds is 4. The van der Waals surface area contributed by atoms with Gasteiger partial charge in [-0.05, 0) is 63.2 Å². The summed E-state index contributed by atoms with van der Waals surface area (Å²) in [5, 5.41) is 8.75. The van der Waals surface area contributed by atoms with Crippen LogP contribution in [-0.4, -0.2) is 44.7 Å². The summed E-state index contributed by atoms with van der Waals surface area (Å²) in [7, 11) is 3.79. The van der Waals surface area contributed by atoms with Gasteiger partial charge in [0.15, 0.2) is 0 Å². The van der Waals surface area contributed by atoms with Crippen molar-refractivity contribution in [1.29, 1.82) is 0 Å². The summed E-state index contributed by atoms with van der Waals surface area (Å²) < 4.78 is 0. The van der Waals surface area contributed by atoms with Gasteiger partial charge >= 0.3 is 6.03 Å². The first-order valence-corrected chi connectivity index (χ1v) is 7.18. The van der Waals surface area contributed by atoms with Crippen LogP contribution in [0.4, 0.5) is 16.2 Å². The van der Waals surface area contributed by atoms with Crippen LogP contribution in [0.25, 0.3) is 0 Å². The predicted molar refractivity (Wildman–Crippen MR) is 83.2 cm³/mol. The molecule has 1 aromatic carbocycles. The minimum Gasteiger partial charge on any atom is -0.385 e. The van der Waals surface area contributed by atoms with Crippen molar-refractivity contribution in [3.05, 3.63) is 24.3 Å². The Morgan fingerprint density at radius 1 is 1.20 bits per heavy atom. The first-order valence-electron chi connectivity index (χ1n) is 7.18. The van der Waals surface area contributed by atoms with Crippen LogP contribution < -0.4 is 16.0 Å². The molecule has 5 nitrogen and oxygen atoms in total. The lowest BCUT2D eigenvalue weighted by molar-refractivity contribution is 0.226. The van der Waals surface area contributed by atoms with Crippen molar-refractivity contribution in [2.75, 3.05) is 44.4 Å². The number of hydrogen-bond acceptors (Lipinski definition) is 3. The number of hydrogen-bond donors (Lipinski definition) is 3. The average Bonchev–Trinajstić information content (AvgIpc) is 2.48. The Kier molecular flexibility index (Phi) is 5.24. The van der Waals surface area contributed by atoms with Crippen molar-refractivity contribution in [2.24, 2.45) is 5.92 Å². The van der Waals surface area contributed by atoms with E-state index < -0.39 is 0 Å². The van der Waals surface area contributed by atoms with Crippen molar-refractivity contribution in [3.8, 4) is 0 Å². The van der Waals surface area contributed by atoms with Crippen molar-refractivity contribution in [3.63, 3.8) is 0 Å². The molecule has 1 saturated heterocycles. The maximum absolute atomic E-state index is 11.2. The van der Waals surface area contributed by atoms with Gasteiger partial charge in [-0.25, -0.2) is 4.79 Å². The Balaban J connectivity index is 1.77. The Morgan fingerprint density at radius 2 is 1.80 bits per heavy atom. The SMILES string of the molecule is CNC(=O)Nc1ccc(NCC2CCN(C)CC2)cc1. The van der Waals surface area contributed by atoms with Gasteiger partial charge in [-0.3, -0.25) is 0 Å². The van der Waals surface area contributed by atoms with E-state index in [1.54, 1.807) is 7.05 Å². The number of anilines is 2. The monoisotopic (exact) mass is 276 g/mol. The lowest BCUT2D eigenvalue weighted by Crippen LogP contribution is -2.32. The molecule has 1 heterocycles. The number of likely N-dealkylation sites (tertiary alicyclic amines) is 1. The number of nitrogens with zero attached hydrogens (tertiary/aromatic N) is 1. The largest absolute Gasteiger partial charge is 0.385 e. The number of amides is 2. The molecular formula is C15H24N4O. The molecular weight excluding hydrogens is 252 g/mol. The minimum atomic E-state index is -0.197. The van der Waals surface area contributed by atoms with Crippen molar-refractivity contribution in [1.82, 2.24) is 10.2 Å². The van der Waals surface area contributed by atoms with Gasteiger partial charge in [0.1, 0.15) is 0 Å². The number of nitrogens with one attached hydrogen (secondary N) is 3. The van der Waals surface area contributed by atoms with E-state index >= 15 is 0 Å². The molecule has 0 saturated carbocycles. The van der Waals surface area contributed by atoms with Crippen LogP contribution in [0, 0.1) is 5.92 Å². The molecule has 0 bridgehead atoms. The topological polar surface area (TPSA) is 56.4 Å². The van der Waals surface area contributed by atoms with E-state index in [0.717, 1.165) is 23.8 Å². The molecule has 0 unspecified atom stereocenters. The smallest absolute Gasteiger partial charge is 0.318 e. The van der Waals surface area contributed by atoms with Gasteiger partial charge < -0.3 is 20.9 Å². The third-order valence-corrected chi connectivity index (χ3v) is 3.80. The molecule has 1 aliphatic heterocycles. The second-order valence-corrected chi connectivity index (χ2v) is 5.41. The summed E-state index contributed by atoms with van der Waals surface area (Å²) in [5.74, 6) is 0.759. The number of benzene rings is 1. The Hall–Kier alpha value is -1.75. The normalized spacial score (nSPS) is 16.7. The van der Waals surface area contributed by atoms with E-state index in [2.05, 4.69) is 27.9 Å². The van der Waals surface area contributed by atoms with Crippen LogP contribution in [-0.2, 0) is 0 Å². The van der Waals surface area contributed by atoms with E-state index in [9.17, 15) is 4.79 Å². The highest BCUT2D eigenvalue weighted by molar-refractivity contribution is 5.89. The second-order valence-electron chi connectivity index (χ2n) is 5.41. The molecule has 0 radical (unpaired) electrons. The number of piperidine rings is 1. The van der Waals surface area contributed by atoms with Crippen molar-refractivity contribution < 1.29 is 4.79 Å². The second kappa shape index (κ2) is 7.14. The van der Waals surface area contributed by atoms with E-state index in [0.29, 0.717) is 0 Å². The molecule has 5 heteroatoms. The van der Waals surface area contributed by atoms with Crippen LogP contribution in [0.1, 0.15) is 12.8 Å². The van der Waals surface area contributed by atoms with Crippen molar-refractivity contribution in [2.45, 2.75) is 12.8 Å². The fourth-order valence-corrected chi connectivity index (χ4v) is 2.39. The van der Waals surface area contributed by atoms with Crippen LogP contribution in [0.3, 0.4) is 0 Å². The first-order chi connectivity index (χ1) is 9.67. The number of carbonyl (C=O) groups excluding carboxylic acids is 1. The van der Waals surface area contributed by atoms with Crippen molar-refractivity contribution >= 4 is 17.4 Å². The van der Waals surface area contributed by atoms with E-state index in [1.807, 2.05) is 24.3 Å². The van der Waals surface area contributed by atoms with E-state index in [-0.39, 0.29) is 6.03 Å². The van der Waals surface area contributed by atoms with Gasteiger partial charge in [-0.1, -0.05) is 0 Å².